The molecule has 0 aliphatic rings. The van der Waals surface area contributed by atoms with Gasteiger partial charge in [-0.25, -0.2) is 9.50 Å². The van der Waals surface area contributed by atoms with Crippen LogP contribution in [-0.4, -0.2) is 19.2 Å². The summed E-state index contributed by atoms with van der Waals surface area (Å²) >= 11 is 1.85. The Kier molecular flexibility index (Phi) is 2.75. The van der Waals surface area contributed by atoms with Crippen LogP contribution in [0.4, 0.5) is 0 Å². The van der Waals surface area contributed by atoms with Crippen molar-refractivity contribution in [2.24, 2.45) is 0 Å². The van der Waals surface area contributed by atoms with Gasteiger partial charge in [-0.15, -0.1) is 11.3 Å². The first-order chi connectivity index (χ1) is 15.4. The standard InChI is InChI=1S/C26H14N4S/c1-2-10-22-15(5-1)16-6-3-9-21(25(16)31-22)29-19-8-4-7-17-18-12-14-28-30(18)20-11-13-27-26(29)24(20)23(17)19/h1-14H. The molecule has 8 aromatic rings. The third-order valence-corrected chi connectivity index (χ3v) is 7.63. The summed E-state index contributed by atoms with van der Waals surface area (Å²) in [7, 11) is 0. The van der Waals surface area contributed by atoms with Crippen molar-refractivity contribution in [3.63, 3.8) is 0 Å². The second-order valence-corrected chi connectivity index (χ2v) is 9.00. The molecule has 0 aliphatic carbocycles. The first kappa shape index (κ1) is 15.8. The molecule has 8 rings (SSSR count). The van der Waals surface area contributed by atoms with Gasteiger partial charge in [-0.3, -0.25) is 4.57 Å². The maximum atomic E-state index is 4.88. The Hall–Kier alpha value is -3.96. The summed E-state index contributed by atoms with van der Waals surface area (Å²) in [6.45, 7) is 0. The predicted molar refractivity (Wildman–Crippen MR) is 129 cm³/mol. The van der Waals surface area contributed by atoms with Crippen LogP contribution in [0.5, 0.6) is 0 Å². The maximum Gasteiger partial charge on any atom is 0.147 e. The van der Waals surface area contributed by atoms with Crippen LogP contribution in [0.15, 0.2) is 85.2 Å². The molecule has 0 bridgehead atoms. The number of pyridine rings is 2. The SMILES string of the molecule is c1ccc2c(c1)sc1c(-n3c4cccc5c4c4c3nccc4n3nccc53)cccc12. The largest absolute Gasteiger partial charge is 0.292 e. The summed E-state index contributed by atoms with van der Waals surface area (Å²) in [4.78, 5) is 4.88. The van der Waals surface area contributed by atoms with E-state index in [0.29, 0.717) is 0 Å². The zero-order valence-corrected chi connectivity index (χ0v) is 17.1. The lowest BCUT2D eigenvalue weighted by Gasteiger charge is -2.08. The molecular formula is C26H14N4S. The maximum absolute atomic E-state index is 4.88. The Bertz CT molecular complexity index is 1870. The van der Waals surface area contributed by atoms with E-state index in [2.05, 4.69) is 82.5 Å². The van der Waals surface area contributed by atoms with Gasteiger partial charge in [0, 0.05) is 32.4 Å². The molecule has 0 radical (unpaired) electrons. The first-order valence-electron chi connectivity index (χ1n) is 10.3. The highest BCUT2D eigenvalue weighted by atomic mass is 32.1. The molecule has 144 valence electrons. The minimum Gasteiger partial charge on any atom is -0.292 e. The highest BCUT2D eigenvalue weighted by Gasteiger charge is 2.22. The van der Waals surface area contributed by atoms with Gasteiger partial charge < -0.3 is 0 Å². The second kappa shape index (κ2) is 5.39. The molecule has 0 saturated heterocycles. The van der Waals surface area contributed by atoms with Gasteiger partial charge in [0.25, 0.3) is 0 Å². The molecule has 0 fully saturated rings. The molecule has 0 atom stereocenters. The fourth-order valence-electron chi connectivity index (χ4n) is 5.20. The van der Waals surface area contributed by atoms with Crippen LogP contribution in [-0.2, 0) is 0 Å². The number of nitrogens with zero attached hydrogens (tertiary/aromatic N) is 4. The van der Waals surface area contributed by atoms with Gasteiger partial charge in [-0.1, -0.05) is 42.5 Å². The van der Waals surface area contributed by atoms with Gasteiger partial charge in [0.1, 0.15) is 5.65 Å². The molecule has 0 unspecified atom stereocenters. The highest BCUT2D eigenvalue weighted by molar-refractivity contribution is 7.26. The van der Waals surface area contributed by atoms with Gasteiger partial charge in [-0.05, 0) is 30.3 Å². The van der Waals surface area contributed by atoms with Gasteiger partial charge >= 0.3 is 0 Å². The number of hydrogen-bond donors (Lipinski definition) is 0. The van der Waals surface area contributed by atoms with Crippen LogP contribution in [0.1, 0.15) is 0 Å². The lowest BCUT2D eigenvalue weighted by atomic mass is 10.1. The van der Waals surface area contributed by atoms with Gasteiger partial charge in [0.15, 0.2) is 0 Å². The van der Waals surface area contributed by atoms with E-state index in [4.69, 9.17) is 4.98 Å². The van der Waals surface area contributed by atoms with Crippen LogP contribution in [0, 0.1) is 0 Å². The van der Waals surface area contributed by atoms with E-state index >= 15 is 0 Å². The fraction of sp³-hybridized carbons (Fsp3) is 0. The molecule has 5 aromatic heterocycles. The molecule has 0 N–H and O–H groups in total. The number of fused-ring (bicyclic) bond motifs is 6. The van der Waals surface area contributed by atoms with Gasteiger partial charge in [-0.2, -0.15) is 5.10 Å². The Morgan fingerprint density at radius 2 is 1.48 bits per heavy atom. The number of thiophene rings is 1. The molecule has 31 heavy (non-hydrogen) atoms. The molecule has 0 amide bonds. The van der Waals surface area contributed by atoms with Crippen molar-refractivity contribution in [2.45, 2.75) is 0 Å². The zero-order valence-electron chi connectivity index (χ0n) is 16.3. The van der Waals surface area contributed by atoms with Crippen LogP contribution in [0.3, 0.4) is 0 Å². The number of aromatic nitrogens is 4. The molecule has 0 saturated carbocycles. The summed E-state index contributed by atoms with van der Waals surface area (Å²) < 4.78 is 6.97. The van der Waals surface area contributed by atoms with E-state index in [0.717, 1.165) is 16.7 Å². The van der Waals surface area contributed by atoms with Crippen LogP contribution in [0.2, 0.25) is 0 Å². The molecule has 5 heteroatoms. The third-order valence-electron chi connectivity index (χ3n) is 6.43. The molecule has 0 spiro atoms. The Morgan fingerprint density at radius 1 is 0.645 bits per heavy atom. The second-order valence-electron chi connectivity index (χ2n) is 7.94. The average Bonchev–Trinajstić information content (AvgIpc) is 3.52. The Morgan fingerprint density at radius 3 is 2.48 bits per heavy atom. The van der Waals surface area contributed by atoms with Crippen molar-refractivity contribution in [3.05, 3.63) is 85.2 Å². The smallest absolute Gasteiger partial charge is 0.147 e. The summed E-state index contributed by atoms with van der Waals surface area (Å²) in [6.07, 6.45) is 3.77. The summed E-state index contributed by atoms with van der Waals surface area (Å²) in [5.41, 5.74) is 5.57. The van der Waals surface area contributed by atoms with E-state index in [1.807, 2.05) is 28.2 Å². The minimum absolute atomic E-state index is 0.978. The third kappa shape index (κ3) is 1.82. The van der Waals surface area contributed by atoms with Crippen LogP contribution < -0.4 is 0 Å². The lowest BCUT2D eigenvalue weighted by Crippen LogP contribution is -1.95. The molecule has 4 nitrogen and oxygen atoms in total. The van der Waals surface area contributed by atoms with Crippen LogP contribution >= 0.6 is 11.3 Å². The van der Waals surface area contributed by atoms with E-state index in [9.17, 15) is 0 Å². The number of benzene rings is 3. The van der Waals surface area contributed by atoms with Crippen molar-refractivity contribution < 1.29 is 0 Å². The van der Waals surface area contributed by atoms with E-state index in [1.165, 1.54) is 47.5 Å². The predicted octanol–water partition coefficient (Wildman–Crippen LogP) is 6.79. The summed E-state index contributed by atoms with van der Waals surface area (Å²) in [5, 5.41) is 10.9. The van der Waals surface area contributed by atoms with Crippen molar-refractivity contribution >= 4 is 69.9 Å². The van der Waals surface area contributed by atoms with E-state index < -0.39 is 0 Å². The molecule has 0 aliphatic heterocycles. The zero-order chi connectivity index (χ0) is 20.1. The van der Waals surface area contributed by atoms with Gasteiger partial charge in [0.05, 0.1) is 38.5 Å². The average molecular weight is 414 g/mol. The number of rotatable bonds is 1. The molecule has 5 heterocycles. The van der Waals surface area contributed by atoms with Crippen molar-refractivity contribution in [1.82, 2.24) is 19.2 Å². The van der Waals surface area contributed by atoms with Crippen molar-refractivity contribution in [2.75, 3.05) is 0 Å². The Balaban J connectivity index is 1.65. The van der Waals surface area contributed by atoms with Gasteiger partial charge in [0.2, 0.25) is 0 Å². The fourth-order valence-corrected chi connectivity index (χ4v) is 6.40. The number of hydrogen-bond acceptors (Lipinski definition) is 3. The highest BCUT2D eigenvalue weighted by Crippen LogP contribution is 2.43. The monoisotopic (exact) mass is 414 g/mol. The summed E-state index contributed by atoms with van der Waals surface area (Å²) in [6, 6.07) is 26.0. The normalized spacial score (nSPS) is 12.5. The van der Waals surface area contributed by atoms with E-state index in [-0.39, 0.29) is 0 Å². The van der Waals surface area contributed by atoms with Crippen molar-refractivity contribution in [3.8, 4) is 5.69 Å². The van der Waals surface area contributed by atoms with Crippen molar-refractivity contribution in [1.29, 1.82) is 0 Å². The summed E-state index contributed by atoms with van der Waals surface area (Å²) in [5.74, 6) is 0. The quantitative estimate of drug-likeness (QED) is 0.277. The lowest BCUT2D eigenvalue weighted by molar-refractivity contribution is 1.01. The minimum atomic E-state index is 0.978. The van der Waals surface area contributed by atoms with Crippen LogP contribution in [0.25, 0.3) is 64.2 Å². The topological polar surface area (TPSA) is 35.1 Å². The van der Waals surface area contributed by atoms with E-state index in [1.54, 1.807) is 0 Å². The first-order valence-corrected chi connectivity index (χ1v) is 11.1. The molecular weight excluding hydrogens is 400 g/mol. The molecule has 3 aromatic carbocycles. The Labute approximate surface area is 179 Å².